The minimum absolute atomic E-state index is 0.0472. The molecule has 1 heterocycles. The maximum absolute atomic E-state index is 13.3. The Kier molecular flexibility index (Phi) is 5.68. The molecule has 1 aliphatic heterocycles. The molecule has 6 heteroatoms. The fourth-order valence-corrected chi connectivity index (χ4v) is 4.72. The van der Waals surface area contributed by atoms with Crippen LogP contribution in [0.2, 0.25) is 0 Å². The van der Waals surface area contributed by atoms with Crippen LogP contribution in [0, 0.1) is 5.41 Å². The van der Waals surface area contributed by atoms with Gasteiger partial charge in [-0.15, -0.1) is 0 Å². The number of hydrogen-bond donors (Lipinski definition) is 2. The van der Waals surface area contributed by atoms with Gasteiger partial charge in [-0.3, -0.25) is 4.79 Å². The molecule has 0 bridgehead atoms. The molecule has 1 saturated heterocycles. The second kappa shape index (κ2) is 8.56. The predicted octanol–water partition coefficient (Wildman–Crippen LogP) is 2.35. The number of esters is 1. The maximum Gasteiger partial charge on any atom is 0.319 e. The number of aliphatic hydroxyl groups is 1. The lowest BCUT2D eigenvalue weighted by Gasteiger charge is -2.48. The van der Waals surface area contributed by atoms with Crippen molar-refractivity contribution in [3.05, 3.63) is 48.0 Å². The van der Waals surface area contributed by atoms with Gasteiger partial charge >= 0.3 is 5.97 Å². The second-order valence-electron chi connectivity index (χ2n) is 8.43. The summed E-state index contributed by atoms with van der Waals surface area (Å²) in [6, 6.07) is 9.57. The Bertz CT molecular complexity index is 751. The van der Waals surface area contributed by atoms with Crippen LogP contribution < -0.4 is 5.32 Å². The van der Waals surface area contributed by atoms with Crippen molar-refractivity contribution >= 4 is 5.97 Å². The van der Waals surface area contributed by atoms with Crippen molar-refractivity contribution in [3.63, 3.8) is 0 Å². The fraction of sp³-hybridized carbons (Fsp3) is 0.609. The van der Waals surface area contributed by atoms with Crippen molar-refractivity contribution in [2.45, 2.75) is 62.5 Å². The van der Waals surface area contributed by atoms with Gasteiger partial charge in [0, 0.05) is 25.8 Å². The highest BCUT2D eigenvalue weighted by molar-refractivity contribution is 5.82. The lowest BCUT2D eigenvalue weighted by atomic mass is 9.60. The van der Waals surface area contributed by atoms with Gasteiger partial charge in [0.05, 0.1) is 19.7 Å². The number of nitrogens with one attached hydrogen (secondary N) is 1. The van der Waals surface area contributed by atoms with Crippen LogP contribution in [0.5, 0.6) is 0 Å². The second-order valence-corrected chi connectivity index (χ2v) is 8.43. The van der Waals surface area contributed by atoms with Gasteiger partial charge in [0.25, 0.3) is 0 Å². The minimum atomic E-state index is -1.06. The zero-order valence-corrected chi connectivity index (χ0v) is 16.7. The molecule has 6 nitrogen and oxygen atoms in total. The van der Waals surface area contributed by atoms with E-state index in [1.54, 1.807) is 0 Å². The quantitative estimate of drug-likeness (QED) is 0.539. The van der Waals surface area contributed by atoms with Crippen molar-refractivity contribution in [2.24, 2.45) is 5.41 Å². The van der Waals surface area contributed by atoms with Gasteiger partial charge in [-0.25, -0.2) is 0 Å². The van der Waals surface area contributed by atoms with Crippen molar-refractivity contribution in [1.82, 2.24) is 5.32 Å². The molecule has 158 valence electrons. The van der Waals surface area contributed by atoms with Crippen LogP contribution in [0.25, 0.3) is 0 Å². The van der Waals surface area contributed by atoms with E-state index in [-0.39, 0.29) is 37.8 Å². The van der Waals surface area contributed by atoms with Gasteiger partial charge < -0.3 is 24.6 Å². The molecule has 1 aromatic carbocycles. The number of hydrogen-bond acceptors (Lipinski definition) is 6. The van der Waals surface area contributed by atoms with E-state index in [1.165, 1.54) is 0 Å². The molecule has 3 aliphatic rings. The zero-order valence-electron chi connectivity index (χ0n) is 17.7. The molecule has 0 amide bonds. The van der Waals surface area contributed by atoms with Crippen LogP contribution in [0.4, 0.5) is 0 Å². The number of methoxy groups -OCH3 is 1. The number of carbonyl (C=O) groups is 1. The highest BCUT2D eigenvalue weighted by atomic mass is 16.5. The molecule has 0 radical (unpaired) electrons. The Morgan fingerprint density at radius 1 is 1.38 bits per heavy atom. The zero-order chi connectivity index (χ0) is 21.0. The molecule has 4 rings (SSSR count). The molecular formula is C23H31NO5. The SMILES string of the molecule is [2H]CO[C@@H]1COCC[C@@H]1N[C@@H]1C=C[C@@](C(=O)OCc2ccccc2)(C2(O)CCC2)C1. The molecule has 0 unspecified atom stereocenters. The lowest BCUT2D eigenvalue weighted by molar-refractivity contribution is -0.182. The van der Waals surface area contributed by atoms with E-state index in [0.717, 1.165) is 18.4 Å². The average Bonchev–Trinajstić information content (AvgIpc) is 3.18. The Morgan fingerprint density at radius 2 is 2.21 bits per heavy atom. The van der Waals surface area contributed by atoms with E-state index in [0.29, 0.717) is 32.5 Å². The van der Waals surface area contributed by atoms with Crippen LogP contribution in [0.15, 0.2) is 42.5 Å². The molecule has 2 fully saturated rings. The van der Waals surface area contributed by atoms with Crippen molar-refractivity contribution in [1.29, 1.82) is 0 Å². The van der Waals surface area contributed by atoms with Crippen LogP contribution in [-0.2, 0) is 25.6 Å². The number of carbonyl (C=O) groups excluding carboxylic acids is 1. The summed E-state index contributed by atoms with van der Waals surface area (Å²) in [7, 11) is -0.109. The molecule has 1 aromatic rings. The molecule has 4 atom stereocenters. The molecule has 1 saturated carbocycles. The van der Waals surface area contributed by atoms with Gasteiger partial charge in [-0.2, -0.15) is 0 Å². The summed E-state index contributed by atoms with van der Waals surface area (Å²) in [6.07, 6.45) is 7.02. The van der Waals surface area contributed by atoms with Gasteiger partial charge in [0.2, 0.25) is 0 Å². The summed E-state index contributed by atoms with van der Waals surface area (Å²) >= 11 is 0. The number of benzene rings is 1. The van der Waals surface area contributed by atoms with Crippen LogP contribution in [0.3, 0.4) is 0 Å². The van der Waals surface area contributed by atoms with Gasteiger partial charge in [0.15, 0.2) is 0 Å². The molecular weight excluding hydrogens is 370 g/mol. The Labute approximate surface area is 173 Å². The van der Waals surface area contributed by atoms with Gasteiger partial charge in [0.1, 0.15) is 12.0 Å². The van der Waals surface area contributed by atoms with Crippen LogP contribution >= 0.6 is 0 Å². The standard InChI is InChI=1S/C23H31NO5/c1-27-20-16-28-13-9-19(20)24-18-8-12-22(14-18,23(26)10-5-11-23)21(25)29-15-17-6-3-2-4-7-17/h2-4,6-8,12,18-20,24,26H,5,9-11,13-16H2,1H3/t18-,19+,20-,22-/m1/s1/i1D. The van der Waals surface area contributed by atoms with E-state index in [2.05, 4.69) is 5.32 Å². The smallest absolute Gasteiger partial charge is 0.319 e. The number of ether oxygens (including phenoxy) is 3. The van der Waals surface area contributed by atoms with Gasteiger partial charge in [-0.1, -0.05) is 42.5 Å². The maximum atomic E-state index is 13.3. The minimum Gasteiger partial charge on any atom is -0.460 e. The highest BCUT2D eigenvalue weighted by Crippen LogP contribution is 2.53. The predicted molar refractivity (Wildman–Crippen MR) is 108 cm³/mol. The van der Waals surface area contributed by atoms with E-state index in [1.807, 2.05) is 42.5 Å². The third-order valence-electron chi connectivity index (χ3n) is 6.69. The number of rotatable bonds is 7. The lowest BCUT2D eigenvalue weighted by Crippen LogP contribution is -2.58. The average molecular weight is 403 g/mol. The Balaban J connectivity index is 1.44. The van der Waals surface area contributed by atoms with E-state index in [9.17, 15) is 9.90 Å². The van der Waals surface area contributed by atoms with Crippen LogP contribution in [0.1, 0.15) is 39.0 Å². The molecule has 2 N–H and O–H groups in total. The van der Waals surface area contributed by atoms with E-state index < -0.39 is 11.0 Å². The molecule has 29 heavy (non-hydrogen) atoms. The monoisotopic (exact) mass is 402 g/mol. The summed E-state index contributed by atoms with van der Waals surface area (Å²) in [5.41, 5.74) is -1.16. The largest absolute Gasteiger partial charge is 0.460 e. The molecule has 0 spiro atoms. The topological polar surface area (TPSA) is 77.0 Å². The van der Waals surface area contributed by atoms with E-state index in [4.69, 9.17) is 15.6 Å². The molecule has 0 aromatic heterocycles. The summed E-state index contributed by atoms with van der Waals surface area (Å²) in [4.78, 5) is 13.3. The third-order valence-corrected chi connectivity index (χ3v) is 6.69. The summed E-state index contributed by atoms with van der Waals surface area (Å²) in [6.45, 7) is 1.30. The first-order valence-electron chi connectivity index (χ1n) is 11.1. The third kappa shape index (κ3) is 3.99. The Morgan fingerprint density at radius 3 is 2.93 bits per heavy atom. The fourth-order valence-electron chi connectivity index (χ4n) is 4.72. The summed E-state index contributed by atoms with van der Waals surface area (Å²) in [5.74, 6) is -0.361. The normalized spacial score (nSPS) is 33.7. The first-order valence-corrected chi connectivity index (χ1v) is 10.4. The van der Waals surface area contributed by atoms with Gasteiger partial charge in [-0.05, 0) is 37.7 Å². The van der Waals surface area contributed by atoms with Crippen molar-refractivity contribution < 1.29 is 25.5 Å². The van der Waals surface area contributed by atoms with E-state index >= 15 is 0 Å². The highest BCUT2D eigenvalue weighted by Gasteiger charge is 2.60. The van der Waals surface area contributed by atoms with Crippen molar-refractivity contribution in [3.8, 4) is 0 Å². The van der Waals surface area contributed by atoms with Crippen LogP contribution in [-0.4, -0.2) is 55.2 Å². The Hall–Kier alpha value is -1.73. The first-order chi connectivity index (χ1) is 14.6. The first kappa shape index (κ1) is 19.2. The van der Waals surface area contributed by atoms with Crippen molar-refractivity contribution in [2.75, 3.05) is 20.3 Å². The molecule has 2 aliphatic carbocycles. The summed E-state index contributed by atoms with van der Waals surface area (Å²) in [5, 5.41) is 14.8. The summed E-state index contributed by atoms with van der Waals surface area (Å²) < 4.78 is 24.0.